The van der Waals surface area contributed by atoms with Crippen molar-refractivity contribution < 1.29 is 19.4 Å². The first kappa shape index (κ1) is 21.8. The number of carbonyl (C=O) groups excluding carboxylic acids is 2. The lowest BCUT2D eigenvalue weighted by atomic mass is 9.98. The second-order valence-corrected chi connectivity index (χ2v) is 7.53. The Labute approximate surface area is 180 Å². The summed E-state index contributed by atoms with van der Waals surface area (Å²) in [5.74, 6) is -1.28. The second kappa shape index (κ2) is 9.28. The number of hydrogen-bond acceptors (Lipinski definition) is 6. The molecule has 0 saturated carbocycles. The van der Waals surface area contributed by atoms with E-state index in [1.165, 1.54) is 4.90 Å². The van der Waals surface area contributed by atoms with Crippen LogP contribution in [0.3, 0.4) is 0 Å². The van der Waals surface area contributed by atoms with E-state index in [0.717, 1.165) is 0 Å². The molecular weight excluding hydrogens is 406 g/mol. The van der Waals surface area contributed by atoms with Crippen molar-refractivity contribution in [1.29, 1.82) is 0 Å². The molecule has 1 aromatic heterocycles. The van der Waals surface area contributed by atoms with Gasteiger partial charge in [-0.25, -0.2) is 0 Å². The van der Waals surface area contributed by atoms with Gasteiger partial charge in [0.15, 0.2) is 0 Å². The van der Waals surface area contributed by atoms with Crippen LogP contribution in [0.25, 0.3) is 5.76 Å². The minimum atomic E-state index is -0.807. The Morgan fingerprint density at radius 2 is 2.03 bits per heavy atom. The van der Waals surface area contributed by atoms with Crippen LogP contribution in [0.2, 0.25) is 5.02 Å². The molecular formula is C22H24ClN3O4. The van der Waals surface area contributed by atoms with E-state index in [0.29, 0.717) is 31.1 Å². The Morgan fingerprint density at radius 3 is 2.67 bits per heavy atom. The summed E-state index contributed by atoms with van der Waals surface area (Å²) >= 11 is 6.30. The van der Waals surface area contributed by atoms with Gasteiger partial charge in [0.25, 0.3) is 11.7 Å². The number of nitrogens with zero attached hydrogens (tertiary/aromatic N) is 3. The maximum absolute atomic E-state index is 13.0. The average molecular weight is 430 g/mol. The van der Waals surface area contributed by atoms with Crippen molar-refractivity contribution >= 4 is 29.1 Å². The number of likely N-dealkylation sites (N-methyl/N-ethyl adjacent to an activating group) is 1. The highest BCUT2D eigenvalue weighted by atomic mass is 35.5. The lowest BCUT2D eigenvalue weighted by molar-refractivity contribution is -0.140. The summed E-state index contributed by atoms with van der Waals surface area (Å²) < 4.78 is 5.49. The third-order valence-electron chi connectivity index (χ3n) is 4.80. The van der Waals surface area contributed by atoms with Crippen LogP contribution in [0, 0.1) is 0 Å². The van der Waals surface area contributed by atoms with Gasteiger partial charge in [0.2, 0.25) is 0 Å². The molecule has 1 atom stereocenters. The third kappa shape index (κ3) is 4.32. The van der Waals surface area contributed by atoms with Gasteiger partial charge >= 0.3 is 0 Å². The van der Waals surface area contributed by atoms with Gasteiger partial charge in [0.05, 0.1) is 22.9 Å². The number of ketones is 1. The van der Waals surface area contributed by atoms with Crippen LogP contribution in [0.15, 0.2) is 48.2 Å². The molecule has 1 N–H and O–H groups in total. The van der Waals surface area contributed by atoms with E-state index in [9.17, 15) is 14.7 Å². The quantitative estimate of drug-likeness (QED) is 0.413. The zero-order chi connectivity index (χ0) is 21.8. The van der Waals surface area contributed by atoms with Crippen LogP contribution in [-0.2, 0) is 9.59 Å². The Kier molecular flexibility index (Phi) is 6.74. The highest BCUT2D eigenvalue weighted by Gasteiger charge is 2.46. The van der Waals surface area contributed by atoms with Gasteiger partial charge in [-0.15, -0.1) is 0 Å². The maximum Gasteiger partial charge on any atom is 0.295 e. The van der Waals surface area contributed by atoms with Gasteiger partial charge < -0.3 is 19.6 Å². The molecule has 158 valence electrons. The number of Topliss-reactive ketones (excluding diaryl/α,β-unsaturated/α-hetero) is 1. The number of ether oxygens (including phenoxy) is 1. The molecule has 1 saturated heterocycles. The molecule has 2 aromatic rings. The van der Waals surface area contributed by atoms with Crippen LogP contribution in [0.5, 0.6) is 5.75 Å². The molecule has 1 unspecified atom stereocenters. The number of benzene rings is 1. The first-order chi connectivity index (χ1) is 14.3. The first-order valence-electron chi connectivity index (χ1n) is 9.62. The molecule has 2 heterocycles. The second-order valence-electron chi connectivity index (χ2n) is 7.13. The maximum atomic E-state index is 13.0. The summed E-state index contributed by atoms with van der Waals surface area (Å²) in [6.45, 7) is 3.13. The molecule has 1 aliphatic rings. The fourth-order valence-electron chi connectivity index (χ4n) is 3.35. The van der Waals surface area contributed by atoms with E-state index in [1.54, 1.807) is 42.6 Å². The Hall–Kier alpha value is -2.90. The summed E-state index contributed by atoms with van der Waals surface area (Å²) in [6, 6.07) is 9.26. The molecule has 1 aromatic carbocycles. The Bertz CT molecular complexity index is 976. The van der Waals surface area contributed by atoms with Gasteiger partial charge in [-0.2, -0.15) is 0 Å². The first-order valence-corrected chi connectivity index (χ1v) is 9.99. The molecule has 7 nitrogen and oxygen atoms in total. The minimum Gasteiger partial charge on any atom is -0.507 e. The number of rotatable bonds is 7. The summed E-state index contributed by atoms with van der Waals surface area (Å²) in [6.07, 6.45) is 1.59. The molecule has 0 bridgehead atoms. The normalized spacial score (nSPS) is 18.3. The fourth-order valence-corrected chi connectivity index (χ4v) is 3.56. The number of likely N-dealkylation sites (tertiary alicyclic amines) is 1. The standard InChI is InChI=1S/C22H24ClN3O4/c1-4-30-14-8-9-16(23)15(13-14)20(27)18-19(17-7-5-6-10-24-17)26(12-11-25(2)3)22(29)21(18)28/h5-10,13,19,27H,4,11-12H2,1-3H3/b20-18+. The van der Waals surface area contributed by atoms with Crippen LogP contribution in [-0.4, -0.2) is 65.4 Å². The molecule has 0 spiro atoms. The highest BCUT2D eigenvalue weighted by molar-refractivity contribution is 6.47. The lowest BCUT2D eigenvalue weighted by Crippen LogP contribution is -2.35. The smallest absolute Gasteiger partial charge is 0.295 e. The number of aromatic nitrogens is 1. The van der Waals surface area contributed by atoms with Gasteiger partial charge in [-0.05, 0) is 51.4 Å². The lowest BCUT2D eigenvalue weighted by Gasteiger charge is -2.25. The predicted octanol–water partition coefficient (Wildman–Crippen LogP) is 3.12. The zero-order valence-electron chi connectivity index (χ0n) is 17.1. The number of aliphatic hydroxyl groups excluding tert-OH is 1. The molecule has 0 radical (unpaired) electrons. The van der Waals surface area contributed by atoms with Crippen molar-refractivity contribution in [3.63, 3.8) is 0 Å². The molecule has 30 heavy (non-hydrogen) atoms. The van der Waals surface area contributed by atoms with Gasteiger partial charge in [-0.3, -0.25) is 14.6 Å². The van der Waals surface area contributed by atoms with E-state index >= 15 is 0 Å². The molecule has 1 aliphatic heterocycles. The van der Waals surface area contributed by atoms with Gasteiger partial charge in [0, 0.05) is 24.8 Å². The number of amides is 1. The van der Waals surface area contributed by atoms with Crippen LogP contribution >= 0.6 is 11.6 Å². The molecule has 3 rings (SSSR count). The number of carbonyl (C=O) groups is 2. The Morgan fingerprint density at radius 1 is 1.27 bits per heavy atom. The monoisotopic (exact) mass is 429 g/mol. The molecule has 0 aliphatic carbocycles. The summed E-state index contributed by atoms with van der Waals surface area (Å²) in [4.78, 5) is 33.5. The van der Waals surface area contributed by atoms with Crippen molar-refractivity contribution in [2.45, 2.75) is 13.0 Å². The fraction of sp³-hybridized carbons (Fsp3) is 0.318. The predicted molar refractivity (Wildman–Crippen MR) is 114 cm³/mol. The topological polar surface area (TPSA) is 83.0 Å². The van der Waals surface area contributed by atoms with E-state index < -0.39 is 17.7 Å². The number of hydrogen-bond donors (Lipinski definition) is 1. The minimum absolute atomic E-state index is 0.0343. The zero-order valence-corrected chi connectivity index (χ0v) is 17.9. The van der Waals surface area contributed by atoms with Gasteiger partial charge in [0.1, 0.15) is 17.6 Å². The molecule has 1 fully saturated rings. The van der Waals surface area contributed by atoms with Crippen LogP contribution < -0.4 is 4.74 Å². The number of pyridine rings is 1. The van der Waals surface area contributed by atoms with Gasteiger partial charge in [-0.1, -0.05) is 17.7 Å². The van der Waals surface area contributed by atoms with Crippen molar-refractivity contribution in [1.82, 2.24) is 14.8 Å². The van der Waals surface area contributed by atoms with E-state index in [4.69, 9.17) is 16.3 Å². The summed E-state index contributed by atoms with van der Waals surface area (Å²) in [7, 11) is 3.76. The van der Waals surface area contributed by atoms with Crippen LogP contribution in [0.1, 0.15) is 24.2 Å². The van der Waals surface area contributed by atoms with E-state index in [2.05, 4.69) is 4.98 Å². The van der Waals surface area contributed by atoms with Crippen molar-refractivity contribution in [2.75, 3.05) is 33.8 Å². The number of halogens is 1. The highest BCUT2D eigenvalue weighted by Crippen LogP contribution is 2.40. The van der Waals surface area contributed by atoms with E-state index in [-0.39, 0.29) is 21.9 Å². The van der Waals surface area contributed by atoms with Crippen molar-refractivity contribution in [2.24, 2.45) is 0 Å². The van der Waals surface area contributed by atoms with Crippen LogP contribution in [0.4, 0.5) is 0 Å². The summed E-state index contributed by atoms with van der Waals surface area (Å²) in [5.41, 5.74) is 0.691. The number of aliphatic hydroxyl groups is 1. The third-order valence-corrected chi connectivity index (χ3v) is 5.13. The average Bonchev–Trinajstić information content (AvgIpc) is 2.98. The largest absolute Gasteiger partial charge is 0.507 e. The molecule has 1 amide bonds. The molecule has 8 heteroatoms. The van der Waals surface area contributed by atoms with Crippen molar-refractivity contribution in [3.05, 3.63) is 64.4 Å². The van der Waals surface area contributed by atoms with E-state index in [1.807, 2.05) is 25.9 Å². The Balaban J connectivity index is 2.16. The SMILES string of the molecule is CCOc1ccc(Cl)c(/C(O)=C2\C(=O)C(=O)N(CCN(C)C)C2c2ccccn2)c1. The van der Waals surface area contributed by atoms with Crippen molar-refractivity contribution in [3.8, 4) is 5.75 Å². The summed E-state index contributed by atoms with van der Waals surface area (Å²) in [5, 5.41) is 11.4.